The van der Waals surface area contributed by atoms with Gasteiger partial charge in [0.2, 0.25) is 5.79 Å². The summed E-state index contributed by atoms with van der Waals surface area (Å²) >= 11 is 0. The van der Waals surface area contributed by atoms with Gasteiger partial charge in [0.25, 0.3) is 0 Å². The van der Waals surface area contributed by atoms with Crippen LogP contribution in [0.4, 0.5) is 9.59 Å². The Morgan fingerprint density at radius 2 is 1.61 bits per heavy atom. The van der Waals surface area contributed by atoms with Crippen molar-refractivity contribution in [3.8, 4) is 11.5 Å². The van der Waals surface area contributed by atoms with Gasteiger partial charge in [0.1, 0.15) is 31.3 Å². The summed E-state index contributed by atoms with van der Waals surface area (Å²) in [6.45, 7) is 10.1. The Morgan fingerprint density at radius 3 is 2.30 bits per heavy atom. The van der Waals surface area contributed by atoms with Crippen LogP contribution in [0.3, 0.4) is 0 Å². The molecule has 1 fully saturated rings. The Kier molecular flexibility index (Phi) is 23.5. The average Bonchev–Trinajstić information content (AvgIpc) is 3.33. The summed E-state index contributed by atoms with van der Waals surface area (Å²) < 4.78 is 32.1. The number of oxime groups is 1. The fourth-order valence-electron chi connectivity index (χ4n) is 10.4. The number of hydrogen-bond acceptors (Lipinski definition) is 11. The van der Waals surface area contributed by atoms with Crippen LogP contribution in [0.5, 0.6) is 11.5 Å². The number of aliphatic hydroxyl groups is 2. The van der Waals surface area contributed by atoms with Gasteiger partial charge in [-0.15, -0.1) is 6.58 Å². The lowest BCUT2D eigenvalue weighted by atomic mass is 9.55. The maximum atomic E-state index is 14.4. The van der Waals surface area contributed by atoms with Crippen LogP contribution >= 0.6 is 0 Å². The first-order chi connectivity index (χ1) is 32.8. The van der Waals surface area contributed by atoms with E-state index < -0.39 is 29.9 Å². The minimum Gasteiger partial charge on any atom is -0.459 e. The van der Waals surface area contributed by atoms with Crippen LogP contribution in [0.15, 0.2) is 78.0 Å². The van der Waals surface area contributed by atoms with Gasteiger partial charge in [-0.2, -0.15) is 0 Å². The molecular formula is C54H81N3O10. The van der Waals surface area contributed by atoms with Crippen LogP contribution in [0.1, 0.15) is 146 Å². The van der Waals surface area contributed by atoms with Crippen LogP contribution in [0.25, 0.3) is 0 Å². The number of benzene rings is 2. The monoisotopic (exact) mass is 932 g/mol. The number of nitrogens with one attached hydrogen (secondary N) is 1. The third-order valence-electron chi connectivity index (χ3n) is 13.5. The van der Waals surface area contributed by atoms with E-state index in [1.807, 2.05) is 49.4 Å². The van der Waals surface area contributed by atoms with E-state index >= 15 is 0 Å². The van der Waals surface area contributed by atoms with Crippen molar-refractivity contribution < 1.29 is 48.3 Å². The van der Waals surface area contributed by atoms with E-state index in [2.05, 4.69) is 30.1 Å². The summed E-state index contributed by atoms with van der Waals surface area (Å²) in [5.74, 6) is -1.14. The highest BCUT2D eigenvalue weighted by Gasteiger charge is 2.65. The van der Waals surface area contributed by atoms with Crippen molar-refractivity contribution in [2.75, 3.05) is 53.2 Å². The van der Waals surface area contributed by atoms with E-state index in [0.29, 0.717) is 56.2 Å². The fourth-order valence-corrected chi connectivity index (χ4v) is 10.4. The predicted octanol–water partition coefficient (Wildman–Crippen LogP) is 11.0. The van der Waals surface area contributed by atoms with Crippen molar-refractivity contribution in [2.45, 2.75) is 154 Å². The molecule has 13 nitrogen and oxygen atoms in total. The molecule has 1 heterocycles. The number of aliphatic hydroxyl groups excluding tert-OH is 2. The molecular weight excluding hydrogens is 851 g/mol. The second-order valence-corrected chi connectivity index (χ2v) is 18.3. The predicted molar refractivity (Wildman–Crippen MR) is 262 cm³/mol. The van der Waals surface area contributed by atoms with Gasteiger partial charge in [-0.3, -0.25) is 4.90 Å². The molecule has 2 aliphatic carbocycles. The van der Waals surface area contributed by atoms with E-state index in [0.717, 1.165) is 61.6 Å². The lowest BCUT2D eigenvalue weighted by Gasteiger charge is -2.59. The van der Waals surface area contributed by atoms with Crippen molar-refractivity contribution in [3.63, 3.8) is 0 Å². The summed E-state index contributed by atoms with van der Waals surface area (Å²) in [6, 6.07) is 14.7. The van der Waals surface area contributed by atoms with E-state index in [-0.39, 0.29) is 57.2 Å². The second kappa shape index (κ2) is 29.5. The molecule has 1 saturated carbocycles. The van der Waals surface area contributed by atoms with Crippen LogP contribution in [0.2, 0.25) is 0 Å². The van der Waals surface area contributed by atoms with Crippen molar-refractivity contribution in [1.29, 1.82) is 0 Å². The summed E-state index contributed by atoms with van der Waals surface area (Å²) in [4.78, 5) is 35.0. The molecule has 0 radical (unpaired) electrons. The molecule has 6 unspecified atom stereocenters. The second-order valence-electron chi connectivity index (χ2n) is 18.3. The number of carbonyl (C=O) groups is 2. The van der Waals surface area contributed by atoms with Crippen LogP contribution < -0.4 is 14.8 Å². The highest BCUT2D eigenvalue weighted by atomic mass is 16.7. The summed E-state index contributed by atoms with van der Waals surface area (Å²) in [6.07, 6.45) is 20.5. The van der Waals surface area contributed by atoms with Crippen LogP contribution in [0, 0.1) is 17.8 Å². The zero-order chi connectivity index (χ0) is 47.7. The number of ether oxygens (including phenoxy) is 5. The molecule has 2 aromatic carbocycles. The molecule has 6 atom stereocenters. The third kappa shape index (κ3) is 15.3. The third-order valence-corrected chi connectivity index (χ3v) is 13.5. The minimum atomic E-state index is -1.43. The largest absolute Gasteiger partial charge is 0.459 e. The average molecular weight is 932 g/mol. The molecule has 3 aliphatic rings. The lowest BCUT2D eigenvalue weighted by Crippen LogP contribution is -2.70. The maximum Gasteiger partial charge on any atom is 0.412 e. The van der Waals surface area contributed by atoms with Gasteiger partial charge >= 0.3 is 12.2 Å². The Morgan fingerprint density at radius 1 is 0.896 bits per heavy atom. The molecule has 0 aromatic heterocycles. The lowest BCUT2D eigenvalue weighted by molar-refractivity contribution is -0.255. The molecule has 13 heteroatoms. The van der Waals surface area contributed by atoms with E-state index in [1.165, 1.54) is 52.1 Å². The Bertz CT molecular complexity index is 1840. The highest BCUT2D eigenvalue weighted by molar-refractivity contribution is 6.03. The van der Waals surface area contributed by atoms with Gasteiger partial charge < -0.3 is 44.1 Å². The van der Waals surface area contributed by atoms with Crippen molar-refractivity contribution in [2.24, 2.45) is 22.9 Å². The molecule has 67 heavy (non-hydrogen) atoms. The van der Waals surface area contributed by atoms with Gasteiger partial charge in [0.05, 0.1) is 31.5 Å². The number of nitrogens with zero attached hydrogens (tertiary/aromatic N) is 2. The van der Waals surface area contributed by atoms with Crippen LogP contribution in [-0.4, -0.2) is 98.1 Å². The number of fused-ring (bicyclic) bond motifs is 2. The van der Waals surface area contributed by atoms with E-state index in [1.54, 1.807) is 17.0 Å². The van der Waals surface area contributed by atoms with Gasteiger partial charge in [0.15, 0.2) is 0 Å². The number of unbranched alkanes of at least 4 members (excludes halogenated alkanes) is 11. The first-order valence-corrected chi connectivity index (χ1v) is 25.5. The summed E-state index contributed by atoms with van der Waals surface area (Å²) in [5, 5.41) is 27.4. The van der Waals surface area contributed by atoms with Gasteiger partial charge in [-0.1, -0.05) is 132 Å². The minimum absolute atomic E-state index is 0.0182. The molecule has 1 aliphatic heterocycles. The topological polar surface area (TPSA) is 158 Å². The molecule has 0 saturated heterocycles. The van der Waals surface area contributed by atoms with Crippen molar-refractivity contribution in [3.05, 3.63) is 84.0 Å². The normalized spacial score (nSPS) is 22.2. The Labute approximate surface area is 400 Å². The highest BCUT2D eigenvalue weighted by Crippen LogP contribution is 2.62. The summed E-state index contributed by atoms with van der Waals surface area (Å²) in [7, 11) is 1.53. The quantitative estimate of drug-likeness (QED) is 0.0366. The zero-order valence-electron chi connectivity index (χ0n) is 40.8. The fraction of sp³-hybridized carbons (Fsp3) is 0.648. The smallest absolute Gasteiger partial charge is 0.412 e. The van der Waals surface area contributed by atoms with E-state index in [9.17, 15) is 19.8 Å². The molecule has 0 bridgehead atoms. The molecule has 5 rings (SSSR count). The number of carbonyl (C=O) groups excluding carboxylic acids is 2. The Hall–Kier alpha value is -4.43. The molecule has 372 valence electrons. The van der Waals surface area contributed by atoms with Gasteiger partial charge in [0, 0.05) is 44.2 Å². The molecule has 2 amide bonds. The molecule has 3 N–H and O–H groups in total. The number of amides is 2. The SMILES string of the molecule is C=CCOC12Oc3ccc(OC(=O)NCCCCCCCCCCCC)cc3C3C(CCCCO)C(CCCCO)C=C(C(=NOC)CC1N(CCC)C(=O)OCCOCc1ccccc1)C32. The Balaban J connectivity index is 1.47. The molecule has 2 aromatic rings. The number of hydrogen-bond donors (Lipinski definition) is 3. The first-order valence-electron chi connectivity index (χ1n) is 25.5. The zero-order valence-corrected chi connectivity index (χ0v) is 40.8. The number of allylic oxidation sites excluding steroid dienone is 1. The maximum absolute atomic E-state index is 14.4. The standard InChI is InChI=1S/C54H81N3O10/c1-5-8-9-10-11-12-13-14-15-21-30-55-52(60)66-43-28-29-48-46(38-43)50-44(27-20-23-33-59)42(26-19-22-32-58)37-45-47(56-62-4)39-49(54(67-48,51(45)50)65-34-7-3)57(31-6-2)53(61)64-36-35-63-40-41-24-17-16-18-25-41/h7,16-18,24-25,28-29,37-38,42,44,49-51,58-59H,3,5-6,8-15,19-23,26-27,30-36,39-40H2,1-2,4H3,(H,55,60). The summed E-state index contributed by atoms with van der Waals surface area (Å²) in [5.41, 5.74) is 3.51. The van der Waals surface area contributed by atoms with Crippen LogP contribution in [-0.2, 0) is 25.7 Å². The van der Waals surface area contributed by atoms with Crippen molar-refractivity contribution in [1.82, 2.24) is 10.2 Å². The molecule has 0 spiro atoms. The van der Waals surface area contributed by atoms with Crippen molar-refractivity contribution >= 4 is 17.9 Å². The van der Waals surface area contributed by atoms with Gasteiger partial charge in [-0.25, -0.2) is 9.59 Å². The number of rotatable bonds is 32. The van der Waals surface area contributed by atoms with E-state index in [4.69, 9.17) is 28.5 Å². The van der Waals surface area contributed by atoms with Gasteiger partial charge in [-0.05, 0) is 79.7 Å². The first kappa shape index (κ1) is 53.5.